The number of aliphatic imine (C=N–C) groups is 1. The molecule has 0 aromatic carbocycles. The Bertz CT molecular complexity index is 293. The molecule has 1 amide bonds. The van der Waals surface area contributed by atoms with Gasteiger partial charge in [0.15, 0.2) is 0 Å². The first-order chi connectivity index (χ1) is 7.18. The third-order valence-electron chi connectivity index (χ3n) is 3.43. The van der Waals surface area contributed by atoms with Crippen LogP contribution < -0.4 is 5.32 Å². The minimum Gasteiger partial charge on any atom is -0.370 e. The van der Waals surface area contributed by atoms with E-state index >= 15 is 0 Å². The van der Waals surface area contributed by atoms with Crippen LogP contribution in [0.25, 0.3) is 0 Å². The van der Waals surface area contributed by atoms with Crippen molar-refractivity contribution < 1.29 is 9.53 Å². The van der Waals surface area contributed by atoms with Crippen molar-refractivity contribution in [2.75, 3.05) is 7.11 Å². The molecule has 0 radical (unpaired) electrons. The van der Waals surface area contributed by atoms with E-state index in [0.717, 1.165) is 31.5 Å². The number of carbonyl (C=O) groups excluding carboxylic acids is 1. The second kappa shape index (κ2) is 3.93. The Kier molecular flexibility index (Phi) is 2.78. The highest BCUT2D eigenvalue weighted by molar-refractivity contribution is 6.09. The Labute approximate surface area is 90.1 Å². The molecular formula is C11H18N2O2. The fourth-order valence-corrected chi connectivity index (χ4v) is 2.40. The van der Waals surface area contributed by atoms with Crippen LogP contribution in [0.4, 0.5) is 0 Å². The summed E-state index contributed by atoms with van der Waals surface area (Å²) in [5.74, 6) is 0.745. The smallest absolute Gasteiger partial charge is 0.249 e. The number of hydrogen-bond donors (Lipinski definition) is 1. The zero-order chi connectivity index (χ0) is 10.9. The van der Waals surface area contributed by atoms with Crippen molar-refractivity contribution in [1.82, 2.24) is 5.32 Å². The van der Waals surface area contributed by atoms with E-state index < -0.39 is 0 Å². The Balaban J connectivity index is 2.19. The van der Waals surface area contributed by atoms with Crippen molar-refractivity contribution in [3.8, 4) is 0 Å². The highest BCUT2D eigenvalue weighted by Gasteiger charge is 2.41. The summed E-state index contributed by atoms with van der Waals surface area (Å²) in [5, 5.41) is 2.85. The predicted molar refractivity (Wildman–Crippen MR) is 57.9 cm³/mol. The van der Waals surface area contributed by atoms with Gasteiger partial charge in [-0.05, 0) is 19.8 Å². The first-order valence-electron chi connectivity index (χ1n) is 5.62. The average molecular weight is 210 g/mol. The normalized spacial score (nSPS) is 29.9. The van der Waals surface area contributed by atoms with Crippen molar-refractivity contribution >= 4 is 11.7 Å². The third-order valence-corrected chi connectivity index (χ3v) is 3.43. The maximum absolute atomic E-state index is 11.4. The van der Waals surface area contributed by atoms with Crippen molar-refractivity contribution in [2.24, 2.45) is 4.99 Å². The highest BCUT2D eigenvalue weighted by atomic mass is 16.5. The first kappa shape index (κ1) is 10.6. The van der Waals surface area contributed by atoms with Gasteiger partial charge in [-0.25, -0.2) is 0 Å². The largest absolute Gasteiger partial charge is 0.370 e. The van der Waals surface area contributed by atoms with Crippen LogP contribution in [0.5, 0.6) is 0 Å². The minimum absolute atomic E-state index is 0.00741. The topological polar surface area (TPSA) is 50.7 Å². The summed E-state index contributed by atoms with van der Waals surface area (Å²) in [5.41, 5.74) is -0.321. The number of hydrogen-bond acceptors (Lipinski definition) is 3. The van der Waals surface area contributed by atoms with Crippen LogP contribution in [0.1, 0.15) is 39.0 Å². The Morgan fingerprint density at radius 3 is 2.53 bits per heavy atom. The number of carbonyl (C=O) groups is 1. The quantitative estimate of drug-likeness (QED) is 0.745. The van der Waals surface area contributed by atoms with Crippen LogP contribution in [0.15, 0.2) is 4.99 Å². The summed E-state index contributed by atoms with van der Waals surface area (Å²) in [7, 11) is 1.71. The summed E-state index contributed by atoms with van der Waals surface area (Å²) >= 11 is 0. The molecule has 15 heavy (non-hydrogen) atoms. The van der Waals surface area contributed by atoms with Gasteiger partial charge in [-0.3, -0.25) is 9.79 Å². The van der Waals surface area contributed by atoms with E-state index in [2.05, 4.69) is 10.3 Å². The molecule has 0 aromatic rings. The number of nitrogens with zero attached hydrogens (tertiary/aromatic N) is 1. The van der Waals surface area contributed by atoms with Gasteiger partial charge < -0.3 is 10.1 Å². The van der Waals surface area contributed by atoms with E-state index in [4.69, 9.17) is 4.74 Å². The Morgan fingerprint density at radius 2 is 2.07 bits per heavy atom. The van der Waals surface area contributed by atoms with Crippen LogP contribution >= 0.6 is 0 Å². The Hall–Kier alpha value is -0.900. The molecule has 1 aliphatic carbocycles. The van der Waals surface area contributed by atoms with E-state index in [1.54, 1.807) is 7.11 Å². The van der Waals surface area contributed by atoms with Crippen molar-refractivity contribution in [3.05, 3.63) is 0 Å². The summed E-state index contributed by atoms with van der Waals surface area (Å²) < 4.78 is 5.61. The molecule has 1 atom stereocenters. The summed E-state index contributed by atoms with van der Waals surface area (Å²) in [6, 6.07) is -0.256. The van der Waals surface area contributed by atoms with E-state index in [1.807, 2.05) is 6.92 Å². The molecule has 1 fully saturated rings. The Morgan fingerprint density at radius 1 is 1.40 bits per heavy atom. The summed E-state index contributed by atoms with van der Waals surface area (Å²) in [6.07, 6.45) is 5.49. The molecule has 1 saturated carbocycles. The fraction of sp³-hybridized carbons (Fsp3) is 0.818. The zero-order valence-electron chi connectivity index (χ0n) is 9.38. The fourth-order valence-electron chi connectivity index (χ4n) is 2.40. The molecule has 1 heterocycles. The first-order valence-corrected chi connectivity index (χ1v) is 5.62. The molecular weight excluding hydrogens is 192 g/mol. The molecule has 1 N–H and O–H groups in total. The molecule has 4 nitrogen and oxygen atoms in total. The van der Waals surface area contributed by atoms with Crippen molar-refractivity contribution in [2.45, 2.75) is 50.7 Å². The van der Waals surface area contributed by atoms with Crippen LogP contribution in [-0.4, -0.2) is 30.5 Å². The standard InChI is InChI=1S/C11H18N2O2/c1-8-9(14)13-10(12-8)11(15-2)6-4-3-5-7-11/h8H,3-7H2,1-2H3,(H,12,13,14). The molecule has 0 aromatic heterocycles. The minimum atomic E-state index is -0.321. The number of rotatable bonds is 2. The number of amides is 1. The van der Waals surface area contributed by atoms with Gasteiger partial charge in [-0.1, -0.05) is 19.3 Å². The lowest BCUT2D eigenvalue weighted by atomic mass is 9.83. The highest BCUT2D eigenvalue weighted by Crippen LogP contribution is 2.33. The van der Waals surface area contributed by atoms with Gasteiger partial charge in [-0.15, -0.1) is 0 Å². The number of methoxy groups -OCH3 is 1. The zero-order valence-corrected chi connectivity index (χ0v) is 9.38. The van der Waals surface area contributed by atoms with Gasteiger partial charge >= 0.3 is 0 Å². The second-order valence-corrected chi connectivity index (χ2v) is 4.40. The lowest BCUT2D eigenvalue weighted by Crippen LogP contribution is -2.49. The monoisotopic (exact) mass is 210 g/mol. The lowest BCUT2D eigenvalue weighted by Gasteiger charge is -2.35. The van der Waals surface area contributed by atoms with E-state index in [9.17, 15) is 4.79 Å². The summed E-state index contributed by atoms with van der Waals surface area (Å²) in [4.78, 5) is 15.8. The molecule has 0 spiro atoms. The van der Waals surface area contributed by atoms with Crippen molar-refractivity contribution in [1.29, 1.82) is 0 Å². The predicted octanol–water partition coefficient (Wildman–Crippen LogP) is 1.25. The molecule has 2 rings (SSSR count). The molecule has 0 bridgehead atoms. The number of nitrogens with one attached hydrogen (secondary N) is 1. The van der Waals surface area contributed by atoms with Crippen LogP contribution in [0.2, 0.25) is 0 Å². The molecule has 1 aliphatic heterocycles. The van der Waals surface area contributed by atoms with Crippen LogP contribution in [0.3, 0.4) is 0 Å². The third kappa shape index (κ3) is 1.78. The average Bonchev–Trinajstić information content (AvgIpc) is 2.61. The maximum Gasteiger partial charge on any atom is 0.249 e. The lowest BCUT2D eigenvalue weighted by molar-refractivity contribution is -0.119. The number of ether oxygens (including phenoxy) is 1. The molecule has 2 aliphatic rings. The van der Waals surface area contributed by atoms with Crippen LogP contribution in [-0.2, 0) is 9.53 Å². The van der Waals surface area contributed by atoms with E-state index in [-0.39, 0.29) is 17.6 Å². The molecule has 1 unspecified atom stereocenters. The summed E-state index contributed by atoms with van der Waals surface area (Å²) in [6.45, 7) is 1.81. The van der Waals surface area contributed by atoms with E-state index in [0.29, 0.717) is 0 Å². The van der Waals surface area contributed by atoms with Gasteiger partial charge in [0.1, 0.15) is 17.5 Å². The van der Waals surface area contributed by atoms with Gasteiger partial charge in [0, 0.05) is 7.11 Å². The molecule has 4 heteroatoms. The van der Waals surface area contributed by atoms with Gasteiger partial charge in [0.25, 0.3) is 0 Å². The second-order valence-electron chi connectivity index (χ2n) is 4.40. The molecule has 0 saturated heterocycles. The van der Waals surface area contributed by atoms with Gasteiger partial charge in [0.2, 0.25) is 5.91 Å². The molecule has 84 valence electrons. The van der Waals surface area contributed by atoms with E-state index in [1.165, 1.54) is 6.42 Å². The van der Waals surface area contributed by atoms with Crippen LogP contribution in [0, 0.1) is 0 Å². The van der Waals surface area contributed by atoms with Gasteiger partial charge in [0.05, 0.1) is 0 Å². The van der Waals surface area contributed by atoms with Crippen molar-refractivity contribution in [3.63, 3.8) is 0 Å². The maximum atomic E-state index is 11.4. The van der Waals surface area contributed by atoms with Gasteiger partial charge in [-0.2, -0.15) is 0 Å². The number of amidine groups is 1. The SMILES string of the molecule is COC1(C2=NC(C)C(=O)N2)CCCCC1.